The molecule has 208 valence electrons. The summed E-state index contributed by atoms with van der Waals surface area (Å²) in [5.74, 6) is 0. The van der Waals surface area contributed by atoms with Crippen LogP contribution in [0.4, 0.5) is 0 Å². The van der Waals surface area contributed by atoms with E-state index in [1.165, 1.54) is 42.8 Å². The maximum absolute atomic E-state index is 4.88. The van der Waals surface area contributed by atoms with Crippen LogP contribution in [-0.2, 0) is 0 Å². The van der Waals surface area contributed by atoms with Crippen molar-refractivity contribution in [1.29, 1.82) is 0 Å². The van der Waals surface area contributed by atoms with Crippen molar-refractivity contribution in [1.82, 2.24) is 9.55 Å². The minimum absolute atomic E-state index is 0.976. The molecular formula is C41H30N2Si. The number of aromatic nitrogens is 2. The average Bonchev–Trinajstić information content (AvgIpc) is 3.44. The quantitative estimate of drug-likeness (QED) is 0.150. The molecular weight excluding hydrogens is 549 g/mol. The van der Waals surface area contributed by atoms with Crippen LogP contribution in [0.1, 0.15) is 0 Å². The normalized spacial score (nSPS) is 11.6. The Labute approximate surface area is 258 Å². The molecule has 0 unspecified atom stereocenters. The molecule has 2 aromatic heterocycles. The van der Waals surface area contributed by atoms with E-state index in [1.807, 2.05) is 12.3 Å². The molecule has 0 N–H and O–H groups in total. The monoisotopic (exact) mass is 578 g/mol. The van der Waals surface area contributed by atoms with Crippen molar-refractivity contribution in [2.45, 2.75) is 0 Å². The number of hydrogen-bond donors (Lipinski definition) is 0. The van der Waals surface area contributed by atoms with E-state index in [0.717, 1.165) is 16.7 Å². The Bertz CT molecular complexity index is 2170. The fraction of sp³-hybridized carbons (Fsp3) is 0. The molecule has 0 bridgehead atoms. The molecule has 2 nitrogen and oxygen atoms in total. The Kier molecular flexibility index (Phi) is 6.51. The van der Waals surface area contributed by atoms with E-state index in [9.17, 15) is 0 Å². The molecule has 44 heavy (non-hydrogen) atoms. The van der Waals surface area contributed by atoms with Gasteiger partial charge in [0.1, 0.15) is 5.65 Å². The largest absolute Gasteiger partial charge is 0.294 e. The minimum atomic E-state index is -2.79. The van der Waals surface area contributed by atoms with Crippen LogP contribution in [0.3, 0.4) is 0 Å². The zero-order valence-electron chi connectivity index (χ0n) is 24.2. The lowest BCUT2D eigenvalue weighted by molar-refractivity contribution is 1.14. The number of fused-ring (bicyclic) bond motifs is 3. The highest BCUT2D eigenvalue weighted by atomic mass is 28.3. The second-order valence-electron chi connectivity index (χ2n) is 11.2. The van der Waals surface area contributed by atoms with Gasteiger partial charge >= 0.3 is 0 Å². The molecule has 0 aliphatic heterocycles. The van der Waals surface area contributed by atoms with Crippen LogP contribution in [0.25, 0.3) is 38.8 Å². The summed E-state index contributed by atoms with van der Waals surface area (Å²) in [6.07, 6.45) is 1.89. The fourth-order valence-corrected chi connectivity index (χ4v) is 11.6. The van der Waals surface area contributed by atoms with Gasteiger partial charge in [-0.2, -0.15) is 0 Å². The Morgan fingerprint density at radius 3 is 1.66 bits per heavy atom. The van der Waals surface area contributed by atoms with Gasteiger partial charge in [-0.3, -0.25) is 4.57 Å². The van der Waals surface area contributed by atoms with E-state index in [0.29, 0.717) is 0 Å². The van der Waals surface area contributed by atoms with Gasteiger partial charge in [-0.25, -0.2) is 4.98 Å². The molecule has 0 aliphatic rings. The highest BCUT2D eigenvalue weighted by Gasteiger charge is 2.42. The third kappa shape index (κ3) is 4.21. The van der Waals surface area contributed by atoms with Gasteiger partial charge in [-0.05, 0) is 62.2 Å². The SMILES string of the molecule is c1ccc(-c2cccc([Si](c3ccccc3)(c3ccccc3)c3ccc4c5cccnc5n(-c5ccccc5)c4c3)c2)cc1. The summed E-state index contributed by atoms with van der Waals surface area (Å²) in [7, 11) is -2.79. The molecule has 0 aliphatic carbocycles. The molecule has 0 amide bonds. The molecule has 0 atom stereocenters. The smallest absolute Gasteiger partial charge is 0.179 e. The van der Waals surface area contributed by atoms with Gasteiger partial charge < -0.3 is 0 Å². The molecule has 0 fully saturated rings. The molecule has 6 aromatic carbocycles. The van der Waals surface area contributed by atoms with Crippen LogP contribution in [0.2, 0.25) is 0 Å². The molecule has 0 saturated carbocycles. The van der Waals surface area contributed by atoms with Crippen molar-refractivity contribution in [3.05, 3.63) is 182 Å². The van der Waals surface area contributed by atoms with E-state index >= 15 is 0 Å². The molecule has 3 heteroatoms. The van der Waals surface area contributed by atoms with Crippen molar-refractivity contribution in [3.63, 3.8) is 0 Å². The van der Waals surface area contributed by atoms with E-state index in [1.54, 1.807) is 0 Å². The summed E-state index contributed by atoms with van der Waals surface area (Å²) in [5.41, 5.74) is 5.72. The van der Waals surface area contributed by atoms with E-state index < -0.39 is 8.07 Å². The molecule has 0 spiro atoms. The number of nitrogens with zero attached hydrogens (tertiary/aromatic N) is 2. The summed E-state index contributed by atoms with van der Waals surface area (Å²) in [5, 5.41) is 7.79. The van der Waals surface area contributed by atoms with Crippen molar-refractivity contribution in [2.75, 3.05) is 0 Å². The second kappa shape index (κ2) is 11.0. The Morgan fingerprint density at radius 1 is 0.409 bits per heavy atom. The minimum Gasteiger partial charge on any atom is -0.294 e. The highest BCUT2D eigenvalue weighted by molar-refractivity contribution is 7.20. The number of pyridine rings is 1. The zero-order valence-corrected chi connectivity index (χ0v) is 25.2. The zero-order chi connectivity index (χ0) is 29.3. The summed E-state index contributed by atoms with van der Waals surface area (Å²) in [6, 6.07) is 64.2. The Morgan fingerprint density at radius 2 is 0.977 bits per heavy atom. The van der Waals surface area contributed by atoms with E-state index in [2.05, 4.69) is 174 Å². The summed E-state index contributed by atoms with van der Waals surface area (Å²) in [4.78, 5) is 4.88. The first-order chi connectivity index (χ1) is 21.8. The van der Waals surface area contributed by atoms with Gasteiger partial charge in [-0.1, -0.05) is 146 Å². The van der Waals surface area contributed by atoms with Gasteiger partial charge in [0.05, 0.1) is 5.52 Å². The molecule has 0 saturated heterocycles. The first-order valence-electron chi connectivity index (χ1n) is 15.1. The van der Waals surface area contributed by atoms with Crippen LogP contribution in [0.5, 0.6) is 0 Å². The Balaban J connectivity index is 1.50. The van der Waals surface area contributed by atoms with Gasteiger partial charge in [0, 0.05) is 22.7 Å². The standard InChI is InChI=1S/C41H30N2Si/c1-5-15-31(16-6-1)32-17-13-24-36(29-32)44(34-20-9-3-10-21-34,35-22-11-4-12-23-35)37-26-27-38-39-25-14-28-42-41(39)43(40(38)30-37)33-18-7-2-8-19-33/h1-30H. The van der Waals surface area contributed by atoms with Gasteiger partial charge in [0.25, 0.3) is 0 Å². The molecule has 0 radical (unpaired) electrons. The summed E-state index contributed by atoms with van der Waals surface area (Å²) >= 11 is 0. The third-order valence-corrected chi connectivity index (χ3v) is 13.5. The van der Waals surface area contributed by atoms with Crippen LogP contribution < -0.4 is 20.7 Å². The van der Waals surface area contributed by atoms with Crippen LogP contribution in [0, 0.1) is 0 Å². The summed E-state index contributed by atoms with van der Waals surface area (Å²) in [6.45, 7) is 0. The summed E-state index contributed by atoms with van der Waals surface area (Å²) < 4.78 is 2.32. The molecule has 8 aromatic rings. The predicted octanol–water partition coefficient (Wildman–Crippen LogP) is 7.22. The highest BCUT2D eigenvalue weighted by Crippen LogP contribution is 2.31. The maximum atomic E-state index is 4.88. The lowest BCUT2D eigenvalue weighted by Gasteiger charge is -2.35. The van der Waals surface area contributed by atoms with E-state index in [-0.39, 0.29) is 0 Å². The third-order valence-electron chi connectivity index (χ3n) is 8.79. The van der Waals surface area contributed by atoms with Crippen molar-refractivity contribution < 1.29 is 0 Å². The van der Waals surface area contributed by atoms with Gasteiger partial charge in [0.2, 0.25) is 0 Å². The maximum Gasteiger partial charge on any atom is 0.179 e. The van der Waals surface area contributed by atoms with Crippen LogP contribution in [-0.4, -0.2) is 17.6 Å². The van der Waals surface area contributed by atoms with Gasteiger partial charge in [0.15, 0.2) is 8.07 Å². The number of para-hydroxylation sites is 1. The molecule has 2 heterocycles. The second-order valence-corrected chi connectivity index (χ2v) is 15.0. The van der Waals surface area contributed by atoms with Crippen LogP contribution >= 0.6 is 0 Å². The van der Waals surface area contributed by atoms with Crippen LogP contribution in [0.15, 0.2) is 182 Å². The number of benzene rings is 6. The average molecular weight is 579 g/mol. The number of rotatable bonds is 6. The van der Waals surface area contributed by atoms with Crippen molar-refractivity contribution in [3.8, 4) is 16.8 Å². The lowest BCUT2D eigenvalue weighted by atomic mass is 10.1. The van der Waals surface area contributed by atoms with Gasteiger partial charge in [-0.15, -0.1) is 0 Å². The fourth-order valence-electron chi connectivity index (χ4n) is 6.85. The molecule has 8 rings (SSSR count). The van der Waals surface area contributed by atoms with E-state index in [4.69, 9.17) is 4.98 Å². The Hall–Kier alpha value is -5.51. The predicted molar refractivity (Wildman–Crippen MR) is 188 cm³/mol. The first kappa shape index (κ1) is 26.1. The number of hydrogen-bond acceptors (Lipinski definition) is 1. The first-order valence-corrected chi connectivity index (χ1v) is 17.1. The lowest BCUT2D eigenvalue weighted by Crippen LogP contribution is -2.74. The van der Waals surface area contributed by atoms with Crippen molar-refractivity contribution in [2.24, 2.45) is 0 Å². The van der Waals surface area contributed by atoms with Crippen molar-refractivity contribution >= 4 is 50.8 Å². The topological polar surface area (TPSA) is 17.8 Å².